The third-order valence-electron chi connectivity index (χ3n) is 2.97. The first-order chi connectivity index (χ1) is 9.10. The Balaban J connectivity index is 2.97. The Morgan fingerprint density at radius 2 is 1.90 bits per heavy atom. The number of halogens is 4. The monoisotopic (exact) mass is 295 g/mol. The van der Waals surface area contributed by atoms with E-state index in [9.17, 15) is 22.7 Å². The molecule has 0 spiro atoms. The van der Waals surface area contributed by atoms with Crippen LogP contribution < -0.4 is 10.5 Å². The van der Waals surface area contributed by atoms with Crippen molar-refractivity contribution in [2.45, 2.75) is 32.4 Å². The molecule has 0 heterocycles. The molecule has 0 saturated carbocycles. The summed E-state index contributed by atoms with van der Waals surface area (Å²) in [7, 11) is 0. The molecule has 1 aromatic rings. The van der Waals surface area contributed by atoms with Gasteiger partial charge >= 0.3 is 12.5 Å². The summed E-state index contributed by atoms with van der Waals surface area (Å²) in [5.41, 5.74) is 5.64. The van der Waals surface area contributed by atoms with Crippen LogP contribution in [0, 0.1) is 5.41 Å². The fourth-order valence-corrected chi connectivity index (χ4v) is 1.52. The van der Waals surface area contributed by atoms with Crippen LogP contribution in [0.1, 0.15) is 25.5 Å². The average molecular weight is 295 g/mol. The highest BCUT2D eigenvalue weighted by molar-refractivity contribution is 5.31. The van der Waals surface area contributed by atoms with Crippen molar-refractivity contribution >= 4 is 0 Å². The van der Waals surface area contributed by atoms with Crippen LogP contribution in [-0.2, 0) is 0 Å². The van der Waals surface area contributed by atoms with Gasteiger partial charge in [-0.2, -0.15) is 17.6 Å². The highest BCUT2D eigenvalue weighted by atomic mass is 19.3. The summed E-state index contributed by atoms with van der Waals surface area (Å²) in [5, 5.41) is 9.22. The molecule has 1 atom stereocenters. The number of hydrogen-bond acceptors (Lipinski definition) is 3. The van der Waals surface area contributed by atoms with Gasteiger partial charge in [-0.05, 0) is 17.7 Å². The van der Waals surface area contributed by atoms with Crippen LogP contribution in [0.5, 0.6) is 5.75 Å². The predicted molar refractivity (Wildman–Crippen MR) is 65.8 cm³/mol. The zero-order valence-electron chi connectivity index (χ0n) is 11.1. The molecular weight excluding hydrogens is 278 g/mol. The molecule has 1 rings (SSSR count). The van der Waals surface area contributed by atoms with Crippen molar-refractivity contribution in [1.82, 2.24) is 0 Å². The summed E-state index contributed by atoms with van der Waals surface area (Å²) in [5.74, 6) is -0.406. The second-order valence-electron chi connectivity index (χ2n) is 5.16. The molecule has 0 bridgehead atoms. The molecule has 0 saturated heterocycles. The molecule has 3 nitrogen and oxygen atoms in total. The van der Waals surface area contributed by atoms with Crippen LogP contribution >= 0.6 is 0 Å². The molecule has 114 valence electrons. The summed E-state index contributed by atoms with van der Waals surface area (Å²) in [4.78, 5) is 0. The van der Waals surface area contributed by atoms with E-state index in [1.165, 1.54) is 12.1 Å². The number of alkyl halides is 4. The Kier molecular flexibility index (Phi) is 4.99. The van der Waals surface area contributed by atoms with Gasteiger partial charge in [-0.3, -0.25) is 0 Å². The van der Waals surface area contributed by atoms with E-state index in [4.69, 9.17) is 5.73 Å². The van der Waals surface area contributed by atoms with Gasteiger partial charge in [0.2, 0.25) is 0 Å². The minimum Gasteiger partial charge on any atom is -0.428 e. The fourth-order valence-electron chi connectivity index (χ4n) is 1.52. The second kappa shape index (κ2) is 5.97. The Morgan fingerprint density at radius 1 is 1.30 bits per heavy atom. The number of aliphatic hydroxyl groups is 1. The van der Waals surface area contributed by atoms with Gasteiger partial charge in [0.1, 0.15) is 5.75 Å². The molecule has 7 heteroatoms. The number of rotatable bonds is 6. The molecule has 20 heavy (non-hydrogen) atoms. The molecule has 0 radical (unpaired) electrons. The number of hydrogen-bond donors (Lipinski definition) is 2. The first-order valence-electron chi connectivity index (χ1n) is 5.91. The van der Waals surface area contributed by atoms with Gasteiger partial charge in [-0.25, -0.2) is 0 Å². The van der Waals surface area contributed by atoms with Crippen LogP contribution in [0.2, 0.25) is 0 Å². The van der Waals surface area contributed by atoms with Gasteiger partial charge in [0.25, 0.3) is 0 Å². The molecular formula is C13H17F4NO2. The number of aliphatic hydroxyl groups excluding tert-OH is 1. The number of benzene rings is 1. The summed E-state index contributed by atoms with van der Waals surface area (Å²) in [6, 6.07) is 4.57. The van der Waals surface area contributed by atoms with Crippen molar-refractivity contribution in [2.24, 2.45) is 11.1 Å². The summed E-state index contributed by atoms with van der Waals surface area (Å²) >= 11 is 0. The highest BCUT2D eigenvalue weighted by Crippen LogP contribution is 2.34. The molecule has 0 unspecified atom stereocenters. The number of nitrogens with two attached hydrogens (primary N) is 1. The van der Waals surface area contributed by atoms with E-state index in [2.05, 4.69) is 4.74 Å². The maximum absolute atomic E-state index is 12.8. The van der Waals surface area contributed by atoms with Gasteiger partial charge < -0.3 is 15.6 Å². The maximum Gasteiger partial charge on any atom is 0.461 e. The summed E-state index contributed by atoms with van der Waals surface area (Å²) in [6.07, 6.45) is -8.48. The predicted octanol–water partition coefficient (Wildman–Crippen LogP) is 2.94. The molecule has 0 amide bonds. The van der Waals surface area contributed by atoms with Crippen molar-refractivity contribution in [1.29, 1.82) is 0 Å². The first-order valence-corrected chi connectivity index (χ1v) is 5.91. The van der Waals surface area contributed by atoms with Gasteiger partial charge in [0.15, 0.2) is 0 Å². The molecule has 0 aliphatic heterocycles. The molecule has 0 aliphatic rings. The van der Waals surface area contributed by atoms with E-state index in [0.29, 0.717) is 5.56 Å². The molecule has 0 aromatic heterocycles. The molecule has 3 N–H and O–H groups in total. The minimum absolute atomic E-state index is 0.216. The zero-order chi connectivity index (χ0) is 15.6. The average Bonchev–Trinajstić information content (AvgIpc) is 2.37. The van der Waals surface area contributed by atoms with Crippen molar-refractivity contribution in [3.63, 3.8) is 0 Å². The minimum atomic E-state index is -4.56. The molecule has 1 aromatic carbocycles. The van der Waals surface area contributed by atoms with Crippen LogP contribution in [0.25, 0.3) is 0 Å². The van der Waals surface area contributed by atoms with Gasteiger partial charge in [0, 0.05) is 18.1 Å². The standard InChI is InChI=1S/C13H17F4NO2/c1-12(2,7-19)10(18)8-4-3-5-9(6-8)20-13(16,17)11(14)15/h3-6,10-11,19H,7,18H2,1-2H3/t10-/m1/s1. The lowest BCUT2D eigenvalue weighted by molar-refractivity contribution is -0.253. The van der Waals surface area contributed by atoms with E-state index in [-0.39, 0.29) is 6.61 Å². The normalized spacial score (nSPS) is 14.4. The van der Waals surface area contributed by atoms with E-state index < -0.39 is 29.7 Å². The lowest BCUT2D eigenvalue weighted by Crippen LogP contribution is -2.34. The smallest absolute Gasteiger partial charge is 0.428 e. The van der Waals surface area contributed by atoms with Crippen molar-refractivity contribution in [3.05, 3.63) is 29.8 Å². The molecule has 0 aliphatic carbocycles. The lowest BCUT2D eigenvalue weighted by Gasteiger charge is -2.30. The van der Waals surface area contributed by atoms with Crippen LogP contribution in [0.15, 0.2) is 24.3 Å². The lowest BCUT2D eigenvalue weighted by atomic mass is 9.82. The van der Waals surface area contributed by atoms with Crippen LogP contribution in [-0.4, -0.2) is 24.2 Å². The van der Waals surface area contributed by atoms with E-state index >= 15 is 0 Å². The Morgan fingerprint density at radius 3 is 2.40 bits per heavy atom. The van der Waals surface area contributed by atoms with Gasteiger partial charge in [-0.15, -0.1) is 0 Å². The first kappa shape index (κ1) is 16.7. The Bertz CT molecular complexity index is 452. The van der Waals surface area contributed by atoms with Crippen molar-refractivity contribution in [3.8, 4) is 5.75 Å². The summed E-state index contributed by atoms with van der Waals surface area (Å²) < 4.78 is 53.8. The van der Waals surface area contributed by atoms with Gasteiger partial charge in [-0.1, -0.05) is 26.0 Å². The topological polar surface area (TPSA) is 55.5 Å². The van der Waals surface area contributed by atoms with Crippen molar-refractivity contribution < 1.29 is 27.4 Å². The summed E-state index contributed by atoms with van der Waals surface area (Å²) in [6.45, 7) is 3.17. The SMILES string of the molecule is CC(C)(CO)[C@H](N)c1cccc(OC(F)(F)C(F)F)c1. The third kappa shape index (κ3) is 3.83. The Labute approximate surface area is 114 Å². The van der Waals surface area contributed by atoms with Crippen LogP contribution in [0.3, 0.4) is 0 Å². The number of ether oxygens (including phenoxy) is 1. The largest absolute Gasteiger partial charge is 0.461 e. The van der Waals surface area contributed by atoms with E-state index in [1.54, 1.807) is 19.9 Å². The van der Waals surface area contributed by atoms with E-state index in [0.717, 1.165) is 6.07 Å². The molecule has 0 fully saturated rings. The zero-order valence-corrected chi connectivity index (χ0v) is 11.1. The van der Waals surface area contributed by atoms with E-state index in [1.807, 2.05) is 0 Å². The second-order valence-corrected chi connectivity index (χ2v) is 5.16. The highest BCUT2D eigenvalue weighted by Gasteiger charge is 2.44. The quantitative estimate of drug-likeness (QED) is 0.793. The Hall–Kier alpha value is -1.34. The third-order valence-corrected chi connectivity index (χ3v) is 2.97. The van der Waals surface area contributed by atoms with Crippen LogP contribution in [0.4, 0.5) is 17.6 Å². The van der Waals surface area contributed by atoms with Crippen molar-refractivity contribution in [2.75, 3.05) is 6.61 Å². The maximum atomic E-state index is 12.8. The van der Waals surface area contributed by atoms with Gasteiger partial charge in [0.05, 0.1) is 0 Å². The fraction of sp³-hybridized carbons (Fsp3) is 0.538.